The number of hydrogen-bond acceptors (Lipinski definition) is 5. The molecule has 0 aromatic heterocycles. The van der Waals surface area contributed by atoms with Crippen LogP contribution >= 0.6 is 0 Å². The molecule has 1 amide bonds. The average molecular weight is 398 g/mol. The van der Waals surface area contributed by atoms with E-state index in [-0.39, 0.29) is 5.92 Å². The minimum atomic E-state index is 0.206. The molecule has 1 aromatic carbocycles. The van der Waals surface area contributed by atoms with Crippen molar-refractivity contribution in [1.82, 2.24) is 14.7 Å². The predicted octanol–water partition coefficient (Wildman–Crippen LogP) is 2.15. The molecule has 0 spiro atoms. The summed E-state index contributed by atoms with van der Waals surface area (Å²) in [6.07, 6.45) is 4.50. The molecule has 2 bridgehead atoms. The van der Waals surface area contributed by atoms with Gasteiger partial charge in [-0.1, -0.05) is 6.07 Å². The van der Waals surface area contributed by atoms with E-state index in [4.69, 9.17) is 9.47 Å². The first-order valence-corrected chi connectivity index (χ1v) is 11.3. The van der Waals surface area contributed by atoms with Crippen LogP contribution in [-0.2, 0) is 4.79 Å². The summed E-state index contributed by atoms with van der Waals surface area (Å²) in [7, 11) is 2.16. The summed E-state index contributed by atoms with van der Waals surface area (Å²) in [5.41, 5.74) is 1.30. The number of benzene rings is 1. The van der Waals surface area contributed by atoms with Crippen LogP contribution in [0.15, 0.2) is 18.2 Å². The Balaban J connectivity index is 1.31. The summed E-state index contributed by atoms with van der Waals surface area (Å²) in [4.78, 5) is 21.0. The van der Waals surface area contributed by atoms with Crippen LogP contribution in [0.2, 0.25) is 0 Å². The third-order valence-electron chi connectivity index (χ3n) is 8.17. The maximum Gasteiger partial charge on any atom is 0.231 e. The fourth-order valence-corrected chi connectivity index (χ4v) is 6.60. The number of piperidine rings is 4. The van der Waals surface area contributed by atoms with Gasteiger partial charge in [-0.25, -0.2) is 0 Å². The second-order valence-corrected chi connectivity index (χ2v) is 9.64. The molecule has 0 aliphatic carbocycles. The van der Waals surface area contributed by atoms with Crippen molar-refractivity contribution in [1.29, 1.82) is 0 Å². The summed E-state index contributed by atoms with van der Waals surface area (Å²) in [5, 5.41) is 0. The Labute approximate surface area is 172 Å². The van der Waals surface area contributed by atoms with Crippen molar-refractivity contribution in [3.05, 3.63) is 23.8 Å². The predicted molar refractivity (Wildman–Crippen MR) is 109 cm³/mol. The SMILES string of the molecule is CN1CCC(C(=O)N2C[C@H](c3ccc4c(c3)OCO4)[C@H]3[C@@H]2C2CCN3CC2)CC1. The Morgan fingerprint density at radius 3 is 2.52 bits per heavy atom. The van der Waals surface area contributed by atoms with Gasteiger partial charge in [-0.3, -0.25) is 9.69 Å². The van der Waals surface area contributed by atoms with Crippen LogP contribution in [0.3, 0.4) is 0 Å². The number of ether oxygens (including phenoxy) is 2. The van der Waals surface area contributed by atoms with Gasteiger partial charge in [0.2, 0.25) is 12.7 Å². The Kier molecular flexibility index (Phi) is 4.27. The van der Waals surface area contributed by atoms with Gasteiger partial charge in [0.05, 0.1) is 6.04 Å². The Morgan fingerprint density at radius 1 is 0.966 bits per heavy atom. The Bertz CT molecular complexity index is 799. The fraction of sp³-hybridized carbons (Fsp3) is 0.696. The highest BCUT2D eigenvalue weighted by molar-refractivity contribution is 5.80. The largest absolute Gasteiger partial charge is 0.454 e. The molecule has 6 heterocycles. The molecule has 0 saturated carbocycles. The van der Waals surface area contributed by atoms with Gasteiger partial charge in [-0.15, -0.1) is 0 Å². The fourth-order valence-electron chi connectivity index (χ4n) is 6.60. The minimum absolute atomic E-state index is 0.206. The number of nitrogens with zero attached hydrogens (tertiary/aromatic N) is 3. The lowest BCUT2D eigenvalue weighted by molar-refractivity contribution is -0.141. The molecule has 6 heteroatoms. The molecule has 6 aliphatic heterocycles. The summed E-state index contributed by atoms with van der Waals surface area (Å²) < 4.78 is 11.2. The number of fused-ring (bicyclic) bond motifs is 3. The van der Waals surface area contributed by atoms with E-state index in [2.05, 4.69) is 33.9 Å². The zero-order valence-electron chi connectivity index (χ0n) is 17.3. The van der Waals surface area contributed by atoms with E-state index in [1.165, 1.54) is 31.5 Å². The van der Waals surface area contributed by atoms with E-state index in [9.17, 15) is 4.79 Å². The third-order valence-corrected chi connectivity index (χ3v) is 8.17. The van der Waals surface area contributed by atoms with Crippen LogP contribution in [0.1, 0.15) is 37.2 Å². The van der Waals surface area contributed by atoms with Crippen LogP contribution in [0, 0.1) is 11.8 Å². The van der Waals surface area contributed by atoms with Crippen molar-refractivity contribution in [2.24, 2.45) is 11.8 Å². The normalized spacial score (nSPS) is 36.4. The zero-order chi connectivity index (χ0) is 19.5. The average Bonchev–Trinajstić information content (AvgIpc) is 3.40. The van der Waals surface area contributed by atoms with Crippen molar-refractivity contribution in [2.75, 3.05) is 46.6 Å². The Hall–Kier alpha value is -1.79. The minimum Gasteiger partial charge on any atom is -0.454 e. The highest BCUT2D eigenvalue weighted by Gasteiger charge is 2.55. The molecule has 5 fully saturated rings. The van der Waals surface area contributed by atoms with Crippen LogP contribution < -0.4 is 9.47 Å². The number of rotatable bonds is 2. The lowest BCUT2D eigenvalue weighted by atomic mass is 9.75. The molecule has 6 aliphatic rings. The molecule has 6 nitrogen and oxygen atoms in total. The second kappa shape index (κ2) is 6.88. The van der Waals surface area contributed by atoms with Crippen molar-refractivity contribution in [3.63, 3.8) is 0 Å². The number of likely N-dealkylation sites (tertiary alicyclic amines) is 2. The maximum absolute atomic E-state index is 13.6. The Morgan fingerprint density at radius 2 is 1.72 bits per heavy atom. The highest BCUT2D eigenvalue weighted by atomic mass is 16.7. The molecule has 0 N–H and O–H groups in total. The molecule has 29 heavy (non-hydrogen) atoms. The van der Waals surface area contributed by atoms with E-state index in [0.717, 1.165) is 44.0 Å². The van der Waals surface area contributed by atoms with Gasteiger partial charge in [0.15, 0.2) is 11.5 Å². The van der Waals surface area contributed by atoms with E-state index in [1.54, 1.807) is 0 Å². The maximum atomic E-state index is 13.6. The van der Waals surface area contributed by atoms with Crippen LogP contribution in [0.5, 0.6) is 11.5 Å². The summed E-state index contributed by atoms with van der Waals surface area (Å²) in [6.45, 7) is 5.61. The van der Waals surface area contributed by atoms with Gasteiger partial charge in [-0.2, -0.15) is 0 Å². The monoisotopic (exact) mass is 397 g/mol. The van der Waals surface area contributed by atoms with Gasteiger partial charge < -0.3 is 19.3 Å². The van der Waals surface area contributed by atoms with Gasteiger partial charge >= 0.3 is 0 Å². The quantitative estimate of drug-likeness (QED) is 0.765. The number of carbonyl (C=O) groups is 1. The molecule has 156 valence electrons. The van der Waals surface area contributed by atoms with Gasteiger partial charge in [-0.05, 0) is 82.5 Å². The van der Waals surface area contributed by atoms with Gasteiger partial charge in [0.25, 0.3) is 0 Å². The molecule has 7 rings (SSSR count). The molecule has 0 unspecified atom stereocenters. The first-order valence-electron chi connectivity index (χ1n) is 11.3. The van der Waals surface area contributed by atoms with Crippen LogP contribution in [0.25, 0.3) is 0 Å². The standard InChI is InChI=1S/C23H31N3O3/c1-24-8-4-16(5-9-24)23(27)26-13-18(17-2-3-19-20(12-17)29-14-28-19)22-21(26)15-6-10-25(22)11-7-15/h2-3,12,15-16,18,21-22H,4-11,13-14H2,1H3/t18-,21+,22+/m1/s1. The summed E-state index contributed by atoms with van der Waals surface area (Å²) in [5.74, 6) is 3.36. The van der Waals surface area contributed by atoms with Gasteiger partial charge in [0, 0.05) is 24.4 Å². The summed E-state index contributed by atoms with van der Waals surface area (Å²) >= 11 is 0. The van der Waals surface area contributed by atoms with Crippen molar-refractivity contribution >= 4 is 5.91 Å². The van der Waals surface area contributed by atoms with Crippen molar-refractivity contribution < 1.29 is 14.3 Å². The first-order chi connectivity index (χ1) is 14.2. The number of carbonyl (C=O) groups excluding carboxylic acids is 1. The van der Waals surface area contributed by atoms with E-state index in [1.807, 2.05) is 6.07 Å². The number of amides is 1. The van der Waals surface area contributed by atoms with Crippen LogP contribution in [-0.4, -0.2) is 79.3 Å². The highest BCUT2D eigenvalue weighted by Crippen LogP contribution is 2.48. The summed E-state index contributed by atoms with van der Waals surface area (Å²) in [6, 6.07) is 7.25. The lowest BCUT2D eigenvalue weighted by Crippen LogP contribution is -2.61. The number of hydrogen-bond donors (Lipinski definition) is 0. The van der Waals surface area contributed by atoms with E-state index >= 15 is 0 Å². The van der Waals surface area contributed by atoms with Crippen molar-refractivity contribution in [3.8, 4) is 11.5 Å². The third kappa shape index (κ3) is 2.87. The smallest absolute Gasteiger partial charge is 0.231 e. The molecular formula is C23H31N3O3. The molecular weight excluding hydrogens is 366 g/mol. The van der Waals surface area contributed by atoms with Crippen LogP contribution in [0.4, 0.5) is 0 Å². The molecule has 3 atom stereocenters. The van der Waals surface area contributed by atoms with Crippen molar-refractivity contribution in [2.45, 2.75) is 43.7 Å². The van der Waals surface area contributed by atoms with E-state index in [0.29, 0.717) is 36.6 Å². The first kappa shape index (κ1) is 18.0. The molecule has 5 saturated heterocycles. The topological polar surface area (TPSA) is 45.3 Å². The second-order valence-electron chi connectivity index (χ2n) is 9.64. The molecule has 1 aromatic rings. The molecule has 0 radical (unpaired) electrons. The lowest BCUT2D eigenvalue weighted by Gasteiger charge is -2.51. The van der Waals surface area contributed by atoms with Gasteiger partial charge in [0.1, 0.15) is 0 Å². The zero-order valence-corrected chi connectivity index (χ0v) is 17.3. The van der Waals surface area contributed by atoms with E-state index < -0.39 is 0 Å².